The molecular formula is C20H21N3O3S. The van der Waals surface area contributed by atoms with Crippen LogP contribution < -0.4 is 10.1 Å². The van der Waals surface area contributed by atoms with Gasteiger partial charge < -0.3 is 14.6 Å². The Kier molecular flexibility index (Phi) is 6.49. The smallest absolute Gasteiger partial charge is 0.226 e. The Hall–Kier alpha value is -2.80. The maximum atomic E-state index is 12.2. The van der Waals surface area contributed by atoms with Crippen LogP contribution in [0.5, 0.6) is 5.75 Å². The SMILES string of the molecule is COc1ccccc1-c1noc(CCCC(=O)Nc2ccccc2SC)n1. The molecule has 140 valence electrons. The van der Waals surface area contributed by atoms with Gasteiger partial charge in [0.05, 0.1) is 18.4 Å². The Balaban J connectivity index is 1.54. The van der Waals surface area contributed by atoms with E-state index >= 15 is 0 Å². The van der Waals surface area contributed by atoms with Gasteiger partial charge in [0.15, 0.2) is 0 Å². The van der Waals surface area contributed by atoms with Gasteiger partial charge in [0, 0.05) is 17.7 Å². The van der Waals surface area contributed by atoms with Gasteiger partial charge in [-0.15, -0.1) is 11.8 Å². The summed E-state index contributed by atoms with van der Waals surface area (Å²) in [6.07, 6.45) is 3.54. The van der Waals surface area contributed by atoms with Crippen LogP contribution in [-0.2, 0) is 11.2 Å². The number of benzene rings is 2. The summed E-state index contributed by atoms with van der Waals surface area (Å²) in [7, 11) is 1.60. The summed E-state index contributed by atoms with van der Waals surface area (Å²) in [5, 5.41) is 6.96. The maximum Gasteiger partial charge on any atom is 0.226 e. The standard InChI is InChI=1S/C20H21N3O3S/c1-25-16-10-5-3-8-14(16)20-22-19(26-23-20)13-7-12-18(24)21-15-9-4-6-11-17(15)27-2/h3-6,8-11H,7,12-13H2,1-2H3,(H,21,24). The number of carbonyl (C=O) groups excluding carboxylic acids is 1. The molecule has 0 fully saturated rings. The topological polar surface area (TPSA) is 77.2 Å². The fourth-order valence-electron chi connectivity index (χ4n) is 2.66. The lowest BCUT2D eigenvalue weighted by molar-refractivity contribution is -0.116. The quantitative estimate of drug-likeness (QED) is 0.580. The predicted molar refractivity (Wildman–Crippen MR) is 106 cm³/mol. The number of aromatic nitrogens is 2. The van der Waals surface area contributed by atoms with Crippen molar-refractivity contribution in [3.63, 3.8) is 0 Å². The monoisotopic (exact) mass is 383 g/mol. The van der Waals surface area contributed by atoms with Gasteiger partial charge in [0.1, 0.15) is 5.75 Å². The molecule has 1 aromatic heterocycles. The average molecular weight is 383 g/mol. The summed E-state index contributed by atoms with van der Waals surface area (Å²) >= 11 is 1.60. The lowest BCUT2D eigenvalue weighted by Gasteiger charge is -2.08. The van der Waals surface area contributed by atoms with Crippen LogP contribution in [0.1, 0.15) is 18.7 Å². The summed E-state index contributed by atoms with van der Waals surface area (Å²) in [4.78, 5) is 17.6. The maximum absolute atomic E-state index is 12.2. The van der Waals surface area contributed by atoms with Gasteiger partial charge in [-0.1, -0.05) is 29.4 Å². The van der Waals surface area contributed by atoms with Crippen molar-refractivity contribution in [1.82, 2.24) is 10.1 Å². The molecule has 0 aliphatic heterocycles. The summed E-state index contributed by atoms with van der Waals surface area (Å²) in [6.45, 7) is 0. The number of ether oxygens (including phenoxy) is 1. The molecule has 0 radical (unpaired) electrons. The van der Waals surface area contributed by atoms with Gasteiger partial charge in [-0.05, 0) is 36.9 Å². The van der Waals surface area contributed by atoms with Gasteiger partial charge in [0.2, 0.25) is 17.6 Å². The fourth-order valence-corrected chi connectivity index (χ4v) is 3.21. The number of rotatable bonds is 8. The molecule has 0 atom stereocenters. The number of anilines is 1. The molecule has 0 saturated carbocycles. The highest BCUT2D eigenvalue weighted by atomic mass is 32.2. The molecule has 1 amide bonds. The first-order valence-electron chi connectivity index (χ1n) is 8.60. The number of amides is 1. The van der Waals surface area contributed by atoms with Crippen molar-refractivity contribution in [3.05, 3.63) is 54.4 Å². The first-order chi connectivity index (χ1) is 13.2. The largest absolute Gasteiger partial charge is 0.496 e. The molecule has 27 heavy (non-hydrogen) atoms. The normalized spacial score (nSPS) is 10.6. The van der Waals surface area contributed by atoms with Crippen molar-refractivity contribution in [2.45, 2.75) is 24.2 Å². The lowest BCUT2D eigenvalue weighted by atomic mass is 10.2. The lowest BCUT2D eigenvalue weighted by Crippen LogP contribution is -2.12. The zero-order valence-corrected chi connectivity index (χ0v) is 16.1. The molecule has 1 N–H and O–H groups in total. The Morgan fingerprint density at radius 2 is 1.96 bits per heavy atom. The third-order valence-corrected chi connectivity index (χ3v) is 4.79. The highest BCUT2D eigenvalue weighted by Crippen LogP contribution is 2.27. The van der Waals surface area contributed by atoms with E-state index in [9.17, 15) is 4.79 Å². The molecule has 0 bridgehead atoms. The minimum atomic E-state index is -0.0269. The first-order valence-corrected chi connectivity index (χ1v) is 9.82. The molecule has 1 heterocycles. The van der Waals surface area contributed by atoms with Crippen molar-refractivity contribution in [2.75, 3.05) is 18.7 Å². The van der Waals surface area contributed by atoms with Gasteiger partial charge in [-0.25, -0.2) is 0 Å². The van der Waals surface area contributed by atoms with E-state index in [0.29, 0.717) is 36.7 Å². The summed E-state index contributed by atoms with van der Waals surface area (Å²) < 4.78 is 10.6. The number of para-hydroxylation sites is 2. The summed E-state index contributed by atoms with van der Waals surface area (Å²) in [6, 6.07) is 15.3. The first kappa shape index (κ1) is 19.0. The molecule has 0 aliphatic carbocycles. The van der Waals surface area contributed by atoms with Gasteiger partial charge in [-0.2, -0.15) is 4.98 Å². The summed E-state index contributed by atoms with van der Waals surface area (Å²) in [5.74, 6) is 1.66. The number of nitrogens with zero attached hydrogens (tertiary/aromatic N) is 2. The zero-order valence-electron chi connectivity index (χ0n) is 15.3. The Bertz CT molecular complexity index is 911. The van der Waals surface area contributed by atoms with E-state index in [0.717, 1.165) is 16.1 Å². The van der Waals surface area contributed by atoms with E-state index in [1.165, 1.54) is 0 Å². The van der Waals surface area contributed by atoms with Crippen molar-refractivity contribution in [3.8, 4) is 17.1 Å². The van der Waals surface area contributed by atoms with E-state index in [1.54, 1.807) is 18.9 Å². The molecule has 2 aromatic carbocycles. The van der Waals surface area contributed by atoms with Crippen LogP contribution in [0.3, 0.4) is 0 Å². The highest BCUT2D eigenvalue weighted by Gasteiger charge is 2.13. The van der Waals surface area contributed by atoms with Crippen molar-refractivity contribution in [1.29, 1.82) is 0 Å². The van der Waals surface area contributed by atoms with Crippen molar-refractivity contribution < 1.29 is 14.1 Å². The van der Waals surface area contributed by atoms with Gasteiger partial charge >= 0.3 is 0 Å². The van der Waals surface area contributed by atoms with Crippen molar-refractivity contribution in [2.24, 2.45) is 0 Å². The molecule has 3 aromatic rings. The third-order valence-electron chi connectivity index (χ3n) is 3.99. The van der Waals surface area contributed by atoms with Gasteiger partial charge in [0.25, 0.3) is 0 Å². The van der Waals surface area contributed by atoms with E-state index in [1.807, 2.05) is 54.8 Å². The number of methoxy groups -OCH3 is 1. The zero-order chi connectivity index (χ0) is 19.1. The number of hydrogen-bond acceptors (Lipinski definition) is 6. The highest BCUT2D eigenvalue weighted by molar-refractivity contribution is 7.98. The third kappa shape index (κ3) is 4.89. The molecule has 3 rings (SSSR count). The van der Waals surface area contributed by atoms with Crippen LogP contribution in [0.15, 0.2) is 57.9 Å². The average Bonchev–Trinajstić information content (AvgIpc) is 3.17. The van der Waals surface area contributed by atoms with Crippen LogP contribution in [-0.4, -0.2) is 29.4 Å². The second-order valence-corrected chi connectivity index (χ2v) is 6.66. The summed E-state index contributed by atoms with van der Waals surface area (Å²) in [5.41, 5.74) is 1.62. The predicted octanol–water partition coefficient (Wildman–Crippen LogP) is 4.43. The Morgan fingerprint density at radius 1 is 1.19 bits per heavy atom. The number of thioether (sulfide) groups is 1. The number of nitrogens with one attached hydrogen (secondary N) is 1. The molecule has 0 aliphatic rings. The van der Waals surface area contributed by atoms with Crippen LogP contribution >= 0.6 is 11.8 Å². The molecule has 7 heteroatoms. The van der Waals surface area contributed by atoms with Gasteiger partial charge in [-0.3, -0.25) is 4.79 Å². The molecule has 6 nitrogen and oxygen atoms in total. The van der Waals surface area contributed by atoms with Crippen LogP contribution in [0.4, 0.5) is 5.69 Å². The second kappa shape index (κ2) is 9.23. The van der Waals surface area contributed by atoms with E-state index in [-0.39, 0.29) is 5.91 Å². The second-order valence-electron chi connectivity index (χ2n) is 5.81. The number of hydrogen-bond donors (Lipinski definition) is 1. The van der Waals surface area contributed by atoms with Crippen LogP contribution in [0, 0.1) is 0 Å². The number of carbonyl (C=O) groups is 1. The minimum Gasteiger partial charge on any atom is -0.496 e. The van der Waals surface area contributed by atoms with E-state index < -0.39 is 0 Å². The fraction of sp³-hybridized carbons (Fsp3) is 0.250. The Morgan fingerprint density at radius 3 is 2.78 bits per heavy atom. The molecular weight excluding hydrogens is 362 g/mol. The minimum absolute atomic E-state index is 0.0269. The van der Waals surface area contributed by atoms with E-state index in [4.69, 9.17) is 9.26 Å². The van der Waals surface area contributed by atoms with E-state index in [2.05, 4.69) is 15.5 Å². The number of aryl methyl sites for hydroxylation is 1. The van der Waals surface area contributed by atoms with Crippen LogP contribution in [0.25, 0.3) is 11.4 Å². The molecule has 0 saturated heterocycles. The van der Waals surface area contributed by atoms with Crippen LogP contribution in [0.2, 0.25) is 0 Å². The molecule has 0 unspecified atom stereocenters. The van der Waals surface area contributed by atoms with Crippen molar-refractivity contribution >= 4 is 23.4 Å². The Labute approximate surface area is 162 Å². The molecule has 0 spiro atoms.